The molecule has 4 aromatic rings. The van der Waals surface area contributed by atoms with Crippen LogP contribution in [0.25, 0.3) is 32.8 Å². The summed E-state index contributed by atoms with van der Waals surface area (Å²) in [5, 5.41) is 5.61. The van der Waals surface area contributed by atoms with Gasteiger partial charge in [-0.1, -0.05) is 54.9 Å². The fraction of sp³-hybridized carbons (Fsp3) is 0.296. The summed E-state index contributed by atoms with van der Waals surface area (Å²) in [5.41, 5.74) is 7.19. The first-order valence-electron chi connectivity index (χ1n) is 10.8. The average Bonchev–Trinajstić information content (AvgIpc) is 3.28. The molecule has 0 unspecified atom stereocenters. The van der Waals surface area contributed by atoms with Gasteiger partial charge in [-0.15, -0.1) is 0 Å². The third kappa shape index (κ3) is 2.45. The summed E-state index contributed by atoms with van der Waals surface area (Å²) in [6.45, 7) is 4.61. The van der Waals surface area contributed by atoms with E-state index >= 15 is 0 Å². The summed E-state index contributed by atoms with van der Waals surface area (Å²) in [6, 6.07) is 16.2. The fourth-order valence-electron chi connectivity index (χ4n) is 5.64. The van der Waals surface area contributed by atoms with Crippen LogP contribution in [0.4, 0.5) is 0 Å². The first-order chi connectivity index (χ1) is 14.1. The monoisotopic (exact) mass is 396 g/mol. The van der Waals surface area contributed by atoms with Crippen molar-refractivity contribution >= 4 is 33.3 Å². The molecule has 0 radical (unpaired) electrons. The van der Waals surface area contributed by atoms with Crippen LogP contribution in [0.1, 0.15) is 48.3 Å². The molecule has 0 bridgehead atoms. The quantitative estimate of drug-likeness (QED) is 0.270. The molecule has 0 amide bonds. The van der Waals surface area contributed by atoms with Gasteiger partial charge in [-0.25, -0.2) is 4.57 Å². The average molecular weight is 397 g/mol. The predicted molar refractivity (Wildman–Crippen MR) is 123 cm³/mol. The van der Waals surface area contributed by atoms with Gasteiger partial charge in [0.25, 0.3) is 0 Å². The maximum absolute atomic E-state index is 2.51. The molecule has 1 aliphatic carbocycles. The van der Waals surface area contributed by atoms with Crippen LogP contribution in [0.5, 0.6) is 0 Å². The minimum absolute atomic E-state index is 0.745. The van der Waals surface area contributed by atoms with Crippen LogP contribution in [-0.4, -0.2) is 0 Å². The second-order valence-corrected chi connectivity index (χ2v) is 9.89. The lowest BCUT2D eigenvalue weighted by Gasteiger charge is -2.24. The zero-order valence-electron chi connectivity index (χ0n) is 17.4. The molecule has 1 aromatic heterocycles. The Morgan fingerprint density at radius 3 is 2.41 bits per heavy atom. The summed E-state index contributed by atoms with van der Waals surface area (Å²) >= 11 is 2.00. The summed E-state index contributed by atoms with van der Waals surface area (Å²) in [5.74, 6) is 0.745. The van der Waals surface area contributed by atoms with E-state index in [-0.39, 0.29) is 0 Å². The van der Waals surface area contributed by atoms with Crippen molar-refractivity contribution < 1.29 is 4.57 Å². The lowest BCUT2D eigenvalue weighted by molar-refractivity contribution is -0.659. The van der Waals surface area contributed by atoms with Gasteiger partial charge in [0.15, 0.2) is 6.20 Å². The van der Waals surface area contributed by atoms with Gasteiger partial charge in [-0.05, 0) is 71.5 Å². The third-order valence-electron chi connectivity index (χ3n) is 7.18. The molecule has 0 N–H and O–H groups in total. The van der Waals surface area contributed by atoms with E-state index in [0.717, 1.165) is 5.92 Å². The Balaban J connectivity index is 1.72. The molecule has 3 aromatic carbocycles. The molecule has 0 spiro atoms. The predicted octanol–water partition coefficient (Wildman–Crippen LogP) is 7.22. The summed E-state index contributed by atoms with van der Waals surface area (Å²) in [4.78, 5) is 2.89. The standard InChI is InChI=1S/C27H26NS/c1-16-21-10-6-7-11-22(21)17(2)27-24(16)26-25-19(12-13-28(26)3)14-20(15-23(25)29-27)18-8-4-5-9-18/h6-7,10-15,18H,4-5,8-9H2,1-3H3/q+1. The zero-order valence-corrected chi connectivity index (χ0v) is 18.2. The highest BCUT2D eigenvalue weighted by atomic mass is 32.2. The molecule has 29 heavy (non-hydrogen) atoms. The van der Waals surface area contributed by atoms with Crippen LogP contribution in [0.15, 0.2) is 58.5 Å². The molecule has 144 valence electrons. The van der Waals surface area contributed by atoms with Crippen molar-refractivity contribution in [2.24, 2.45) is 7.05 Å². The lowest BCUT2D eigenvalue weighted by Crippen LogP contribution is -2.32. The molecular weight excluding hydrogens is 370 g/mol. The molecule has 1 saturated carbocycles. The highest BCUT2D eigenvalue weighted by molar-refractivity contribution is 7.99. The van der Waals surface area contributed by atoms with Crippen molar-refractivity contribution in [1.82, 2.24) is 0 Å². The fourth-order valence-corrected chi connectivity index (χ4v) is 6.98. The molecule has 0 saturated heterocycles. The van der Waals surface area contributed by atoms with E-state index in [2.05, 4.69) is 74.1 Å². The number of aromatic nitrogens is 1. The first-order valence-corrected chi connectivity index (χ1v) is 11.6. The minimum Gasteiger partial charge on any atom is -0.200 e. The maximum atomic E-state index is 2.51. The molecule has 2 aliphatic rings. The van der Waals surface area contributed by atoms with Crippen molar-refractivity contribution in [2.45, 2.75) is 55.2 Å². The first kappa shape index (κ1) is 17.5. The Morgan fingerprint density at radius 1 is 0.931 bits per heavy atom. The third-order valence-corrected chi connectivity index (χ3v) is 8.43. The van der Waals surface area contributed by atoms with Crippen LogP contribution in [0.2, 0.25) is 0 Å². The molecule has 1 fully saturated rings. The van der Waals surface area contributed by atoms with Gasteiger partial charge >= 0.3 is 0 Å². The number of benzene rings is 3. The molecular formula is C27H26NS+. The van der Waals surface area contributed by atoms with Crippen molar-refractivity contribution in [3.8, 4) is 11.3 Å². The Kier molecular flexibility index (Phi) is 3.83. The molecule has 2 heteroatoms. The van der Waals surface area contributed by atoms with Crippen LogP contribution in [-0.2, 0) is 7.05 Å². The van der Waals surface area contributed by atoms with Gasteiger partial charge in [-0.2, -0.15) is 0 Å². The number of hydrogen-bond acceptors (Lipinski definition) is 1. The van der Waals surface area contributed by atoms with E-state index < -0.39 is 0 Å². The SMILES string of the molecule is Cc1c2c(c(C)c3ccccc13)-c1c3c(cc(C4CCCC4)cc3cc[n+]1C)S2. The van der Waals surface area contributed by atoms with E-state index in [0.29, 0.717) is 0 Å². The van der Waals surface area contributed by atoms with Crippen LogP contribution >= 0.6 is 11.8 Å². The Labute approximate surface area is 176 Å². The zero-order chi connectivity index (χ0) is 19.7. The molecule has 1 aliphatic heterocycles. The Bertz CT molecular complexity index is 1310. The Morgan fingerprint density at radius 2 is 1.66 bits per heavy atom. The lowest BCUT2D eigenvalue weighted by atomic mass is 9.90. The normalized spacial score (nSPS) is 16.0. The summed E-state index contributed by atoms with van der Waals surface area (Å²) < 4.78 is 2.33. The van der Waals surface area contributed by atoms with Crippen molar-refractivity contribution in [1.29, 1.82) is 0 Å². The second-order valence-electron chi connectivity index (χ2n) is 8.84. The molecule has 2 heterocycles. The van der Waals surface area contributed by atoms with E-state index in [1.165, 1.54) is 79.4 Å². The molecule has 0 atom stereocenters. The van der Waals surface area contributed by atoms with E-state index in [9.17, 15) is 0 Å². The van der Waals surface area contributed by atoms with Gasteiger partial charge < -0.3 is 0 Å². The number of hydrogen-bond donors (Lipinski definition) is 0. The summed E-state index contributed by atoms with van der Waals surface area (Å²) in [7, 11) is 2.20. The largest absolute Gasteiger partial charge is 0.222 e. The number of rotatable bonds is 1. The van der Waals surface area contributed by atoms with Crippen LogP contribution in [0.3, 0.4) is 0 Å². The maximum Gasteiger partial charge on any atom is 0.222 e. The minimum atomic E-state index is 0.745. The van der Waals surface area contributed by atoms with Gasteiger partial charge in [0.05, 0.1) is 10.9 Å². The van der Waals surface area contributed by atoms with Crippen molar-refractivity contribution in [2.75, 3.05) is 0 Å². The van der Waals surface area contributed by atoms with Crippen molar-refractivity contribution in [3.63, 3.8) is 0 Å². The van der Waals surface area contributed by atoms with E-state index in [1.807, 2.05) is 11.8 Å². The topological polar surface area (TPSA) is 3.88 Å². The number of pyridine rings is 1. The van der Waals surface area contributed by atoms with Gasteiger partial charge in [0.1, 0.15) is 7.05 Å². The second kappa shape index (κ2) is 6.34. The van der Waals surface area contributed by atoms with E-state index in [1.54, 1.807) is 5.56 Å². The number of fused-ring (bicyclic) bond motifs is 3. The van der Waals surface area contributed by atoms with Gasteiger partial charge in [-0.3, -0.25) is 0 Å². The number of aryl methyl sites for hydroxylation is 3. The van der Waals surface area contributed by atoms with Gasteiger partial charge in [0.2, 0.25) is 5.69 Å². The molecule has 6 rings (SSSR count). The molecule has 1 nitrogen and oxygen atoms in total. The van der Waals surface area contributed by atoms with Crippen molar-refractivity contribution in [3.05, 3.63) is 65.4 Å². The summed E-state index contributed by atoms with van der Waals surface area (Å²) in [6.07, 6.45) is 7.72. The van der Waals surface area contributed by atoms with E-state index in [4.69, 9.17) is 0 Å². The van der Waals surface area contributed by atoms with Crippen LogP contribution in [0, 0.1) is 13.8 Å². The smallest absolute Gasteiger partial charge is 0.200 e. The highest BCUT2D eigenvalue weighted by Crippen LogP contribution is 2.52. The van der Waals surface area contributed by atoms with Crippen LogP contribution < -0.4 is 4.57 Å². The van der Waals surface area contributed by atoms with Gasteiger partial charge in [0, 0.05) is 15.9 Å². The number of nitrogens with zero attached hydrogens (tertiary/aromatic N) is 1. The Hall–Kier alpha value is -2.32. The highest BCUT2D eigenvalue weighted by Gasteiger charge is 2.31.